The molecule has 0 aromatic carbocycles. The maximum atomic E-state index is 12.7. The summed E-state index contributed by atoms with van der Waals surface area (Å²) in [6.45, 7) is 5.37. The lowest BCUT2D eigenvalue weighted by Gasteiger charge is -2.35. The maximum Gasteiger partial charge on any atom is 0.327 e. The van der Waals surface area contributed by atoms with Crippen molar-refractivity contribution in [1.82, 2.24) is 9.80 Å². The zero-order chi connectivity index (χ0) is 14.7. The molecule has 6 heteroatoms. The van der Waals surface area contributed by atoms with E-state index in [0.717, 1.165) is 19.3 Å². The van der Waals surface area contributed by atoms with E-state index >= 15 is 0 Å². The van der Waals surface area contributed by atoms with Gasteiger partial charge in [-0.15, -0.1) is 11.8 Å². The van der Waals surface area contributed by atoms with Crippen LogP contribution >= 0.6 is 11.8 Å². The molecule has 1 N–H and O–H groups in total. The maximum absolute atomic E-state index is 12.7. The molecule has 0 radical (unpaired) electrons. The van der Waals surface area contributed by atoms with Crippen LogP contribution in [0.4, 0.5) is 4.79 Å². The largest absolute Gasteiger partial charge is 0.480 e. The molecule has 2 aliphatic heterocycles. The van der Waals surface area contributed by atoms with Crippen LogP contribution in [0.15, 0.2) is 11.6 Å². The van der Waals surface area contributed by atoms with E-state index in [2.05, 4.69) is 13.0 Å². The molecule has 1 fully saturated rings. The standard InChI is InChI=1S/C14H22N2O3S/c1-3-5-12-16(11(9-20-12)13(17)18)14(19)15-7-4-6-10(2)8-15/h6,11-12H,3-5,7-9H2,1-2H3,(H,17,18). The number of aliphatic carboxylic acids is 1. The van der Waals surface area contributed by atoms with Crippen molar-refractivity contribution in [2.24, 2.45) is 0 Å². The molecule has 0 bridgehead atoms. The van der Waals surface area contributed by atoms with Gasteiger partial charge in [0.05, 0.1) is 5.37 Å². The number of carbonyl (C=O) groups is 2. The minimum atomic E-state index is -0.895. The van der Waals surface area contributed by atoms with Crippen LogP contribution in [0.25, 0.3) is 0 Å². The van der Waals surface area contributed by atoms with Crippen molar-refractivity contribution in [2.45, 2.75) is 44.5 Å². The third-order valence-corrected chi connectivity index (χ3v) is 5.09. The van der Waals surface area contributed by atoms with Gasteiger partial charge in [0.15, 0.2) is 0 Å². The van der Waals surface area contributed by atoms with Crippen LogP contribution in [0.3, 0.4) is 0 Å². The van der Waals surface area contributed by atoms with Gasteiger partial charge in [-0.2, -0.15) is 0 Å². The lowest BCUT2D eigenvalue weighted by atomic mass is 10.1. The predicted octanol–water partition coefficient (Wildman–Crippen LogP) is 2.39. The highest BCUT2D eigenvalue weighted by atomic mass is 32.2. The van der Waals surface area contributed by atoms with Crippen molar-refractivity contribution in [1.29, 1.82) is 0 Å². The molecule has 1 saturated heterocycles. The van der Waals surface area contributed by atoms with Gasteiger partial charge in [0.25, 0.3) is 0 Å². The number of urea groups is 1. The molecule has 112 valence electrons. The second kappa shape index (κ2) is 6.52. The van der Waals surface area contributed by atoms with E-state index in [0.29, 0.717) is 18.8 Å². The van der Waals surface area contributed by atoms with Gasteiger partial charge in [-0.1, -0.05) is 25.0 Å². The first-order valence-electron chi connectivity index (χ1n) is 7.12. The SMILES string of the molecule is CCCC1SCC(C(=O)O)N1C(=O)N1CCC=C(C)C1. The monoisotopic (exact) mass is 298 g/mol. The molecule has 2 amide bonds. The van der Waals surface area contributed by atoms with E-state index in [1.165, 1.54) is 5.57 Å². The van der Waals surface area contributed by atoms with Gasteiger partial charge < -0.3 is 10.0 Å². The quantitative estimate of drug-likeness (QED) is 0.813. The fraction of sp³-hybridized carbons (Fsp3) is 0.714. The fourth-order valence-corrected chi connectivity index (χ4v) is 4.23. The summed E-state index contributed by atoms with van der Waals surface area (Å²) in [5, 5.41) is 9.33. The smallest absolute Gasteiger partial charge is 0.327 e. The van der Waals surface area contributed by atoms with Gasteiger partial charge in [-0.3, -0.25) is 4.90 Å². The van der Waals surface area contributed by atoms with E-state index in [9.17, 15) is 14.7 Å². The minimum Gasteiger partial charge on any atom is -0.480 e. The van der Waals surface area contributed by atoms with E-state index in [1.54, 1.807) is 21.6 Å². The summed E-state index contributed by atoms with van der Waals surface area (Å²) < 4.78 is 0. The van der Waals surface area contributed by atoms with Crippen LogP contribution in [0, 0.1) is 0 Å². The summed E-state index contributed by atoms with van der Waals surface area (Å²) in [5.74, 6) is -0.400. The Hall–Kier alpha value is -1.17. The Balaban J connectivity index is 2.14. The molecular weight excluding hydrogens is 276 g/mol. The van der Waals surface area contributed by atoms with Crippen LogP contribution in [0.2, 0.25) is 0 Å². The second-order valence-electron chi connectivity index (χ2n) is 5.38. The van der Waals surface area contributed by atoms with Gasteiger partial charge in [0.1, 0.15) is 6.04 Å². The van der Waals surface area contributed by atoms with Crippen LogP contribution in [-0.2, 0) is 4.79 Å². The highest BCUT2D eigenvalue weighted by Crippen LogP contribution is 2.33. The van der Waals surface area contributed by atoms with Gasteiger partial charge in [0, 0.05) is 18.8 Å². The van der Waals surface area contributed by atoms with Gasteiger partial charge >= 0.3 is 12.0 Å². The average molecular weight is 298 g/mol. The highest BCUT2D eigenvalue weighted by Gasteiger charge is 2.42. The van der Waals surface area contributed by atoms with Crippen LogP contribution in [0.1, 0.15) is 33.1 Å². The third kappa shape index (κ3) is 3.11. The number of amides is 2. The normalized spacial score (nSPS) is 26.6. The first-order chi connectivity index (χ1) is 9.54. The number of hydrogen-bond acceptors (Lipinski definition) is 3. The summed E-state index contributed by atoms with van der Waals surface area (Å²) >= 11 is 1.59. The number of hydrogen-bond donors (Lipinski definition) is 1. The fourth-order valence-electron chi connectivity index (χ4n) is 2.72. The molecule has 0 spiro atoms. The summed E-state index contributed by atoms with van der Waals surface area (Å²) in [6.07, 6.45) is 4.80. The lowest BCUT2D eigenvalue weighted by Crippen LogP contribution is -2.52. The van der Waals surface area contributed by atoms with Crippen molar-refractivity contribution in [3.63, 3.8) is 0 Å². The van der Waals surface area contributed by atoms with Crippen molar-refractivity contribution in [3.8, 4) is 0 Å². The number of nitrogens with zero attached hydrogens (tertiary/aromatic N) is 2. The third-order valence-electron chi connectivity index (χ3n) is 3.74. The van der Waals surface area contributed by atoms with Crippen LogP contribution < -0.4 is 0 Å². The first-order valence-corrected chi connectivity index (χ1v) is 8.16. The molecule has 0 aromatic rings. The van der Waals surface area contributed by atoms with Crippen molar-refractivity contribution >= 4 is 23.8 Å². The number of carboxylic acid groups (broad SMARTS) is 1. The number of carbonyl (C=O) groups excluding carboxylic acids is 1. The molecule has 0 aromatic heterocycles. The van der Waals surface area contributed by atoms with Gasteiger partial charge in [-0.05, 0) is 19.8 Å². The molecule has 20 heavy (non-hydrogen) atoms. The summed E-state index contributed by atoms with van der Waals surface area (Å²) in [5.41, 5.74) is 1.18. The van der Waals surface area contributed by atoms with E-state index in [4.69, 9.17) is 0 Å². The Morgan fingerprint density at radius 1 is 1.50 bits per heavy atom. The van der Waals surface area contributed by atoms with E-state index in [1.807, 2.05) is 6.92 Å². The number of carboxylic acids is 1. The Morgan fingerprint density at radius 3 is 2.85 bits per heavy atom. The minimum absolute atomic E-state index is 0.000174. The van der Waals surface area contributed by atoms with Crippen molar-refractivity contribution in [3.05, 3.63) is 11.6 Å². The highest BCUT2D eigenvalue weighted by molar-refractivity contribution is 8.00. The topological polar surface area (TPSA) is 60.9 Å². The van der Waals surface area contributed by atoms with Crippen molar-refractivity contribution < 1.29 is 14.7 Å². The molecule has 0 saturated carbocycles. The zero-order valence-electron chi connectivity index (χ0n) is 12.0. The molecule has 2 heterocycles. The van der Waals surface area contributed by atoms with Crippen LogP contribution in [-0.4, -0.2) is 57.2 Å². The molecule has 0 aliphatic carbocycles. The number of thioether (sulfide) groups is 1. The second-order valence-corrected chi connectivity index (χ2v) is 6.59. The summed E-state index contributed by atoms with van der Waals surface area (Å²) in [4.78, 5) is 27.4. The zero-order valence-corrected chi connectivity index (χ0v) is 12.9. The molecular formula is C14H22N2O3S. The summed E-state index contributed by atoms with van der Waals surface area (Å²) in [7, 11) is 0. The molecule has 2 atom stereocenters. The predicted molar refractivity (Wildman–Crippen MR) is 79.8 cm³/mol. The Labute approximate surface area is 124 Å². The summed E-state index contributed by atoms with van der Waals surface area (Å²) in [6, 6.07) is -0.802. The van der Waals surface area contributed by atoms with Gasteiger partial charge in [0.2, 0.25) is 0 Å². The lowest BCUT2D eigenvalue weighted by molar-refractivity contribution is -0.141. The molecule has 2 unspecified atom stereocenters. The molecule has 5 nitrogen and oxygen atoms in total. The van der Waals surface area contributed by atoms with Crippen LogP contribution in [0.5, 0.6) is 0 Å². The molecule has 2 aliphatic rings. The first kappa shape index (κ1) is 15.2. The van der Waals surface area contributed by atoms with Crippen molar-refractivity contribution in [2.75, 3.05) is 18.8 Å². The Morgan fingerprint density at radius 2 is 2.25 bits per heavy atom. The Bertz CT molecular complexity index is 425. The molecule has 2 rings (SSSR count). The number of rotatable bonds is 3. The van der Waals surface area contributed by atoms with Gasteiger partial charge in [-0.25, -0.2) is 9.59 Å². The van der Waals surface area contributed by atoms with E-state index < -0.39 is 12.0 Å². The van der Waals surface area contributed by atoms with E-state index in [-0.39, 0.29) is 11.4 Å². The average Bonchev–Trinajstić information content (AvgIpc) is 2.82. The Kier molecular flexibility index (Phi) is 4.96.